The lowest BCUT2D eigenvalue weighted by Crippen LogP contribution is -2.44. The molecule has 0 radical (unpaired) electrons. The van der Waals surface area contributed by atoms with E-state index in [0.29, 0.717) is 23.9 Å². The number of fused-ring (bicyclic) bond motifs is 6. The van der Waals surface area contributed by atoms with E-state index in [2.05, 4.69) is 14.7 Å². The highest BCUT2D eigenvalue weighted by atomic mass is 19.4. The van der Waals surface area contributed by atoms with Gasteiger partial charge in [0.2, 0.25) is 0 Å². The van der Waals surface area contributed by atoms with Crippen molar-refractivity contribution in [1.29, 1.82) is 0 Å². The zero-order valence-electron chi connectivity index (χ0n) is 18.2. The van der Waals surface area contributed by atoms with Crippen molar-refractivity contribution in [2.24, 2.45) is 0 Å². The SMILES string of the molecule is Nc1nc2cc(F)c(C(=O)N3CCC[C@@H]4Oc5cc(OC(F)(F)F)c(F)cc5[C@@H]43)cc2n2cncc12. The highest BCUT2D eigenvalue weighted by molar-refractivity contribution is 5.99. The maximum atomic E-state index is 15.1. The number of aromatic nitrogens is 3. The van der Waals surface area contributed by atoms with Crippen molar-refractivity contribution in [2.75, 3.05) is 12.3 Å². The summed E-state index contributed by atoms with van der Waals surface area (Å²) in [5.74, 6) is -3.68. The molecular weight excluding hydrogens is 489 g/mol. The molecule has 13 heteroatoms. The summed E-state index contributed by atoms with van der Waals surface area (Å²) in [5.41, 5.74) is 6.94. The average molecular weight is 505 g/mol. The second-order valence-corrected chi connectivity index (χ2v) is 8.58. The number of imidazole rings is 1. The molecule has 2 aromatic heterocycles. The summed E-state index contributed by atoms with van der Waals surface area (Å²) in [6.07, 6.45) is -1.81. The van der Waals surface area contributed by atoms with Gasteiger partial charge in [-0.3, -0.25) is 9.20 Å². The van der Waals surface area contributed by atoms with Gasteiger partial charge in [-0.2, -0.15) is 0 Å². The van der Waals surface area contributed by atoms with Crippen LogP contribution in [0.5, 0.6) is 11.5 Å². The van der Waals surface area contributed by atoms with Gasteiger partial charge in [-0.1, -0.05) is 0 Å². The molecular formula is C23H16F5N5O3. The van der Waals surface area contributed by atoms with E-state index in [1.54, 1.807) is 4.40 Å². The summed E-state index contributed by atoms with van der Waals surface area (Å²) < 4.78 is 78.6. The lowest BCUT2D eigenvalue weighted by atomic mass is 9.93. The molecule has 2 aliphatic heterocycles. The normalized spacial score (nSPS) is 19.3. The summed E-state index contributed by atoms with van der Waals surface area (Å²) in [6, 6.07) is 3.31. The van der Waals surface area contributed by atoms with Crippen molar-refractivity contribution >= 4 is 28.3 Å². The van der Waals surface area contributed by atoms with Gasteiger partial charge >= 0.3 is 6.36 Å². The van der Waals surface area contributed by atoms with Crippen LogP contribution in [0, 0.1) is 11.6 Å². The fourth-order valence-electron chi connectivity index (χ4n) is 4.95. The molecule has 8 nitrogen and oxygen atoms in total. The van der Waals surface area contributed by atoms with E-state index in [4.69, 9.17) is 10.5 Å². The van der Waals surface area contributed by atoms with E-state index >= 15 is 4.39 Å². The largest absolute Gasteiger partial charge is 0.573 e. The van der Waals surface area contributed by atoms with Gasteiger partial charge in [0.15, 0.2) is 11.6 Å². The summed E-state index contributed by atoms with van der Waals surface area (Å²) in [5, 5.41) is 0. The minimum Gasteiger partial charge on any atom is -0.487 e. The van der Waals surface area contributed by atoms with Crippen molar-refractivity contribution in [3.05, 3.63) is 59.6 Å². The lowest BCUT2D eigenvalue weighted by Gasteiger charge is -2.36. The molecule has 0 saturated carbocycles. The zero-order chi connectivity index (χ0) is 25.4. The topological polar surface area (TPSA) is 95.0 Å². The van der Waals surface area contributed by atoms with Gasteiger partial charge in [0.1, 0.15) is 29.0 Å². The molecule has 1 amide bonds. The van der Waals surface area contributed by atoms with Crippen LogP contribution in [-0.2, 0) is 0 Å². The lowest BCUT2D eigenvalue weighted by molar-refractivity contribution is -0.275. The van der Waals surface area contributed by atoms with Crippen LogP contribution in [-0.4, -0.2) is 44.2 Å². The molecule has 2 atom stereocenters. The minimum absolute atomic E-state index is 0.0240. The van der Waals surface area contributed by atoms with Gasteiger partial charge < -0.3 is 20.1 Å². The molecule has 4 aromatic rings. The van der Waals surface area contributed by atoms with E-state index in [9.17, 15) is 22.4 Å². The number of hydrogen-bond donors (Lipinski definition) is 1. The summed E-state index contributed by atoms with van der Waals surface area (Å²) in [4.78, 5) is 23.1. The molecule has 2 aromatic carbocycles. The number of rotatable bonds is 2. The highest BCUT2D eigenvalue weighted by Gasteiger charge is 2.45. The third-order valence-corrected chi connectivity index (χ3v) is 6.42. The first-order chi connectivity index (χ1) is 17.1. The quantitative estimate of drug-likeness (QED) is 0.407. The first-order valence-corrected chi connectivity index (χ1v) is 10.9. The molecule has 0 spiro atoms. The van der Waals surface area contributed by atoms with Gasteiger partial charge in [0.05, 0.1) is 35.2 Å². The third-order valence-electron chi connectivity index (χ3n) is 6.42. The predicted molar refractivity (Wildman–Crippen MR) is 115 cm³/mol. The van der Waals surface area contributed by atoms with E-state index in [1.807, 2.05) is 0 Å². The number of halogens is 5. The van der Waals surface area contributed by atoms with Crippen LogP contribution in [0.25, 0.3) is 16.6 Å². The van der Waals surface area contributed by atoms with Gasteiger partial charge in [-0.05, 0) is 25.0 Å². The number of anilines is 1. The van der Waals surface area contributed by atoms with Gasteiger partial charge in [0.25, 0.3) is 5.91 Å². The first kappa shape index (κ1) is 22.3. The first-order valence-electron chi connectivity index (χ1n) is 10.9. The molecule has 0 unspecified atom stereocenters. The van der Waals surface area contributed by atoms with Crippen molar-refractivity contribution in [3.8, 4) is 11.5 Å². The van der Waals surface area contributed by atoms with Crippen LogP contribution in [0.1, 0.15) is 34.8 Å². The molecule has 1 fully saturated rings. The number of carbonyl (C=O) groups excluding carboxylic acids is 1. The number of benzene rings is 2. The minimum atomic E-state index is -5.09. The molecule has 4 heterocycles. The number of nitrogens with zero attached hydrogens (tertiary/aromatic N) is 4. The van der Waals surface area contributed by atoms with Crippen LogP contribution in [0.4, 0.5) is 27.8 Å². The summed E-state index contributed by atoms with van der Waals surface area (Å²) in [6.45, 7) is 0.211. The molecule has 0 bridgehead atoms. The summed E-state index contributed by atoms with van der Waals surface area (Å²) >= 11 is 0. The van der Waals surface area contributed by atoms with Crippen LogP contribution in [0.15, 0.2) is 36.8 Å². The molecule has 2 N–H and O–H groups in total. The molecule has 0 aliphatic carbocycles. The molecule has 186 valence electrons. The Hall–Kier alpha value is -4.16. The van der Waals surface area contributed by atoms with Crippen LogP contribution in [0.3, 0.4) is 0 Å². The maximum absolute atomic E-state index is 15.1. The zero-order valence-corrected chi connectivity index (χ0v) is 18.2. The number of nitrogens with two attached hydrogens (primary N) is 1. The number of piperidine rings is 1. The fourth-order valence-corrected chi connectivity index (χ4v) is 4.95. The van der Waals surface area contributed by atoms with Gasteiger partial charge in [0, 0.05) is 24.2 Å². The molecule has 2 aliphatic rings. The average Bonchev–Trinajstić information content (AvgIpc) is 3.43. The van der Waals surface area contributed by atoms with Crippen molar-refractivity contribution in [3.63, 3.8) is 0 Å². The number of nitrogen functional groups attached to an aromatic ring is 1. The number of alkyl halides is 3. The number of ether oxygens (including phenoxy) is 2. The molecule has 36 heavy (non-hydrogen) atoms. The predicted octanol–water partition coefficient (Wildman–Crippen LogP) is 4.38. The Morgan fingerprint density at radius 2 is 1.94 bits per heavy atom. The standard InChI is InChI=1S/C23H16F5N5O3/c24-12-6-14-15(33-9-30-8-16(33)21(29)31-14)5-10(12)22(34)32-3-1-2-17-20(32)11-4-13(25)19(7-18(11)35-17)36-23(26,27)28/h4-9,17,20H,1-3H2,(H2,29,31)/t17-,20-/m0/s1. The third kappa shape index (κ3) is 3.45. The van der Waals surface area contributed by atoms with Crippen molar-refractivity contribution < 1.29 is 36.2 Å². The van der Waals surface area contributed by atoms with Crippen LogP contribution < -0.4 is 15.2 Å². The van der Waals surface area contributed by atoms with Crippen LogP contribution >= 0.6 is 0 Å². The highest BCUT2D eigenvalue weighted by Crippen LogP contribution is 2.47. The Morgan fingerprint density at radius 3 is 2.72 bits per heavy atom. The van der Waals surface area contributed by atoms with Crippen LogP contribution in [0.2, 0.25) is 0 Å². The fraction of sp³-hybridized carbons (Fsp3) is 0.261. The van der Waals surface area contributed by atoms with E-state index < -0.39 is 41.8 Å². The number of likely N-dealkylation sites (tertiary alicyclic amines) is 1. The van der Waals surface area contributed by atoms with E-state index in [0.717, 1.165) is 18.2 Å². The Labute approximate surface area is 199 Å². The number of amides is 1. The Bertz CT molecular complexity index is 1550. The monoisotopic (exact) mass is 505 g/mol. The van der Waals surface area contributed by atoms with E-state index in [-0.39, 0.29) is 34.8 Å². The molecule has 6 rings (SSSR count). The Kier molecular flexibility index (Phi) is 4.75. The number of carbonyl (C=O) groups is 1. The summed E-state index contributed by atoms with van der Waals surface area (Å²) in [7, 11) is 0. The Balaban J connectivity index is 1.41. The van der Waals surface area contributed by atoms with Gasteiger partial charge in [-0.25, -0.2) is 18.7 Å². The number of hydrogen-bond acceptors (Lipinski definition) is 6. The Morgan fingerprint density at radius 1 is 1.14 bits per heavy atom. The smallest absolute Gasteiger partial charge is 0.487 e. The second kappa shape index (κ2) is 7.67. The van der Waals surface area contributed by atoms with Gasteiger partial charge in [-0.15, -0.1) is 13.2 Å². The molecule has 1 saturated heterocycles. The maximum Gasteiger partial charge on any atom is 0.573 e. The van der Waals surface area contributed by atoms with E-state index in [1.165, 1.54) is 23.5 Å². The van der Waals surface area contributed by atoms with Crippen molar-refractivity contribution in [1.82, 2.24) is 19.3 Å². The van der Waals surface area contributed by atoms with Crippen molar-refractivity contribution in [2.45, 2.75) is 31.3 Å². The second-order valence-electron chi connectivity index (χ2n) is 8.58.